The molecule has 0 spiro atoms. The zero-order valence-electron chi connectivity index (χ0n) is 24.7. The van der Waals surface area contributed by atoms with E-state index in [1.54, 1.807) is 47.6 Å². The monoisotopic (exact) mass is 551 g/mol. The number of carboxylic acids is 1. The van der Waals surface area contributed by atoms with Crippen LogP contribution in [0.15, 0.2) is 18.2 Å². The Morgan fingerprint density at radius 3 is 1.87 bits per heavy atom. The summed E-state index contributed by atoms with van der Waals surface area (Å²) in [5, 5.41) is 9.72. The lowest BCUT2D eigenvalue weighted by atomic mass is 9.82. The van der Waals surface area contributed by atoms with Gasteiger partial charge < -0.3 is 29.8 Å². The summed E-state index contributed by atoms with van der Waals surface area (Å²) in [4.78, 5) is 49.7. The summed E-state index contributed by atoms with van der Waals surface area (Å²) >= 11 is 0. The maximum absolute atomic E-state index is 13.0. The van der Waals surface area contributed by atoms with E-state index in [9.17, 15) is 24.3 Å². The second-order valence-corrected chi connectivity index (χ2v) is 11.2. The molecule has 0 saturated carbocycles. The number of hydrogen-bond acceptors (Lipinski definition) is 9. The van der Waals surface area contributed by atoms with E-state index in [-0.39, 0.29) is 24.2 Å². The average Bonchev–Trinajstić information content (AvgIpc) is 2.88. The van der Waals surface area contributed by atoms with Gasteiger partial charge in [-0.15, -0.1) is 0 Å². The van der Waals surface area contributed by atoms with Crippen LogP contribution in [0.25, 0.3) is 0 Å². The summed E-state index contributed by atoms with van der Waals surface area (Å²) in [6, 6.07) is 3.09. The molecule has 0 heterocycles. The predicted molar refractivity (Wildman–Crippen MR) is 146 cm³/mol. The van der Waals surface area contributed by atoms with E-state index in [1.807, 2.05) is 20.8 Å². The molecule has 1 rings (SSSR count). The van der Waals surface area contributed by atoms with Crippen LogP contribution >= 0.6 is 0 Å². The number of rotatable bonds is 14. The van der Waals surface area contributed by atoms with Crippen molar-refractivity contribution >= 4 is 24.1 Å². The Labute approximate surface area is 231 Å². The summed E-state index contributed by atoms with van der Waals surface area (Å²) in [5.41, 5.74) is 4.87. The molecular formula is C29H45NO9. The highest BCUT2D eigenvalue weighted by molar-refractivity contribution is 5.81. The number of benzene rings is 1. The number of carbonyl (C=O) groups is 4. The molecule has 0 aliphatic heterocycles. The third kappa shape index (κ3) is 9.53. The summed E-state index contributed by atoms with van der Waals surface area (Å²) < 4.78 is 21.7. The van der Waals surface area contributed by atoms with Crippen LogP contribution in [-0.4, -0.2) is 47.9 Å². The number of carboxylic acid groups (broad SMARTS) is 1. The Kier molecular flexibility index (Phi) is 12.4. The highest BCUT2D eigenvalue weighted by Crippen LogP contribution is 2.38. The molecule has 0 bridgehead atoms. The molecule has 0 aliphatic rings. The molecule has 0 aliphatic carbocycles. The molecule has 3 unspecified atom stereocenters. The van der Waals surface area contributed by atoms with Gasteiger partial charge in [0.1, 0.15) is 12.1 Å². The van der Waals surface area contributed by atoms with Crippen molar-refractivity contribution in [3.63, 3.8) is 0 Å². The van der Waals surface area contributed by atoms with Crippen molar-refractivity contribution in [3.05, 3.63) is 23.8 Å². The Hall–Kier alpha value is -3.14. The summed E-state index contributed by atoms with van der Waals surface area (Å²) in [6.07, 6.45) is 0.435. The van der Waals surface area contributed by atoms with Gasteiger partial charge in [-0.1, -0.05) is 33.8 Å². The van der Waals surface area contributed by atoms with E-state index >= 15 is 0 Å². The zero-order valence-corrected chi connectivity index (χ0v) is 24.7. The largest absolute Gasteiger partial charge is 0.508 e. The van der Waals surface area contributed by atoms with Crippen molar-refractivity contribution in [2.75, 3.05) is 6.61 Å². The highest BCUT2D eigenvalue weighted by Gasteiger charge is 2.35. The number of nitrogens with two attached hydrogens (primary N) is 1. The second-order valence-electron chi connectivity index (χ2n) is 11.2. The first-order valence-electron chi connectivity index (χ1n) is 13.4. The van der Waals surface area contributed by atoms with E-state index in [4.69, 9.17) is 24.7 Å². The second kappa shape index (κ2) is 14.3. The molecule has 0 saturated heterocycles. The third-order valence-corrected chi connectivity index (χ3v) is 7.25. The molecule has 0 amide bonds. The molecule has 220 valence electrons. The van der Waals surface area contributed by atoms with Crippen LogP contribution in [0.4, 0.5) is 4.79 Å². The maximum atomic E-state index is 13.0. The molecule has 1 aromatic carbocycles. The van der Waals surface area contributed by atoms with E-state index in [0.29, 0.717) is 24.8 Å². The first kappa shape index (κ1) is 33.9. The van der Waals surface area contributed by atoms with Gasteiger partial charge in [0.2, 0.25) is 0 Å². The summed E-state index contributed by atoms with van der Waals surface area (Å²) in [5.74, 6) is -3.75. The van der Waals surface area contributed by atoms with E-state index in [0.717, 1.165) is 0 Å². The number of carbonyl (C=O) groups excluding carboxylic acids is 3. The Morgan fingerprint density at radius 1 is 0.897 bits per heavy atom. The summed E-state index contributed by atoms with van der Waals surface area (Å²) in [6.45, 7) is 15.8. The van der Waals surface area contributed by atoms with Crippen LogP contribution in [0, 0.1) is 16.7 Å². The minimum atomic E-state index is -1.38. The predicted octanol–water partition coefficient (Wildman–Crippen LogP) is 5.45. The smallest absolute Gasteiger partial charge is 0.480 e. The van der Waals surface area contributed by atoms with Gasteiger partial charge in [0.25, 0.3) is 0 Å². The Morgan fingerprint density at radius 2 is 1.41 bits per heavy atom. The van der Waals surface area contributed by atoms with Crippen molar-refractivity contribution in [3.8, 4) is 11.5 Å². The van der Waals surface area contributed by atoms with Gasteiger partial charge in [-0.25, -0.2) is 4.79 Å². The van der Waals surface area contributed by atoms with Gasteiger partial charge in [0, 0.05) is 5.92 Å². The van der Waals surface area contributed by atoms with Gasteiger partial charge in [-0.05, 0) is 77.5 Å². The van der Waals surface area contributed by atoms with Crippen LogP contribution in [0.5, 0.6) is 11.5 Å². The fraction of sp³-hybridized carbons (Fsp3) is 0.655. The van der Waals surface area contributed by atoms with Gasteiger partial charge >= 0.3 is 24.1 Å². The molecule has 0 radical (unpaired) electrons. The molecule has 39 heavy (non-hydrogen) atoms. The maximum Gasteiger partial charge on any atom is 0.508 e. The molecule has 10 nitrogen and oxygen atoms in total. The summed E-state index contributed by atoms with van der Waals surface area (Å²) in [7, 11) is 0. The van der Waals surface area contributed by atoms with Gasteiger partial charge in [-0.2, -0.15) is 0 Å². The fourth-order valence-corrected chi connectivity index (χ4v) is 3.29. The van der Waals surface area contributed by atoms with Crippen molar-refractivity contribution < 1.29 is 43.2 Å². The van der Waals surface area contributed by atoms with Crippen LogP contribution < -0.4 is 15.2 Å². The molecular weight excluding hydrogens is 506 g/mol. The molecule has 3 N–H and O–H groups in total. The lowest BCUT2D eigenvalue weighted by Gasteiger charge is -2.28. The number of esters is 2. The first-order valence-corrected chi connectivity index (χ1v) is 13.4. The molecule has 4 atom stereocenters. The lowest BCUT2D eigenvalue weighted by Crippen LogP contribution is -2.40. The lowest BCUT2D eigenvalue weighted by molar-refractivity contribution is -0.147. The van der Waals surface area contributed by atoms with Gasteiger partial charge in [-0.3, -0.25) is 14.4 Å². The standard InChI is InChI=1S/C29H45NO9/c1-10-18(5)37-27(35)36-16-17(4)22(23(30)24(31)32)19-13-14-20(38-25(33)28(6,7)11-2)21(15-19)39-26(34)29(8,9)12-3/h13-15,17-18,22-23H,10-12,16,30H2,1-9H3,(H,31,32)/t17?,18?,22?,23-/m0/s1. The normalized spacial score (nSPS) is 14.9. The molecule has 1 aromatic rings. The average molecular weight is 552 g/mol. The minimum absolute atomic E-state index is 0.0224. The number of hydrogen-bond donors (Lipinski definition) is 2. The fourth-order valence-electron chi connectivity index (χ4n) is 3.29. The Balaban J connectivity index is 3.48. The van der Waals surface area contributed by atoms with Crippen LogP contribution in [-0.2, 0) is 23.9 Å². The topological polar surface area (TPSA) is 151 Å². The van der Waals surface area contributed by atoms with E-state index in [1.165, 1.54) is 12.1 Å². The van der Waals surface area contributed by atoms with E-state index < -0.39 is 52.8 Å². The van der Waals surface area contributed by atoms with Crippen LogP contribution in [0.2, 0.25) is 0 Å². The molecule has 10 heteroatoms. The first-order chi connectivity index (χ1) is 18.0. The van der Waals surface area contributed by atoms with Crippen molar-refractivity contribution in [1.82, 2.24) is 0 Å². The Bertz CT molecular complexity index is 1020. The molecule has 0 aromatic heterocycles. The van der Waals surface area contributed by atoms with Gasteiger partial charge in [0.05, 0.1) is 17.4 Å². The molecule has 0 fully saturated rings. The minimum Gasteiger partial charge on any atom is -0.480 e. The van der Waals surface area contributed by atoms with Crippen LogP contribution in [0.1, 0.15) is 93.1 Å². The number of ether oxygens (including phenoxy) is 4. The van der Waals surface area contributed by atoms with Crippen molar-refractivity contribution in [1.29, 1.82) is 0 Å². The quantitative estimate of drug-likeness (QED) is 0.225. The third-order valence-electron chi connectivity index (χ3n) is 7.25. The van der Waals surface area contributed by atoms with Crippen LogP contribution in [0.3, 0.4) is 0 Å². The highest BCUT2D eigenvalue weighted by atomic mass is 16.7. The zero-order chi connectivity index (χ0) is 30.1. The van der Waals surface area contributed by atoms with E-state index in [2.05, 4.69) is 0 Å². The SMILES string of the molecule is CCC(C)OC(=O)OCC(C)C(c1ccc(OC(=O)C(C)(C)CC)c(OC(=O)C(C)(C)CC)c1)[C@H](N)C(=O)O. The van der Waals surface area contributed by atoms with Crippen molar-refractivity contribution in [2.45, 2.75) is 99.6 Å². The van der Waals surface area contributed by atoms with Crippen molar-refractivity contribution in [2.24, 2.45) is 22.5 Å². The van der Waals surface area contributed by atoms with Gasteiger partial charge in [0.15, 0.2) is 11.5 Å². The number of aliphatic carboxylic acids is 1.